The van der Waals surface area contributed by atoms with E-state index in [1.807, 2.05) is 0 Å². The third-order valence-corrected chi connectivity index (χ3v) is 2.62. The lowest BCUT2D eigenvalue weighted by Crippen LogP contribution is -2.35. The summed E-state index contributed by atoms with van der Waals surface area (Å²) < 4.78 is 5.01. The van der Waals surface area contributed by atoms with Crippen molar-refractivity contribution < 1.29 is 14.3 Å². The van der Waals surface area contributed by atoms with Crippen LogP contribution in [0.15, 0.2) is 24.3 Å². The number of carbonyl (C=O) groups excluding carboxylic acids is 2. The van der Waals surface area contributed by atoms with Crippen molar-refractivity contribution in [2.45, 2.75) is 26.2 Å². The Kier molecular flexibility index (Phi) is 6.43. The number of anilines is 1. The molecule has 0 aliphatic heterocycles. The SMILES string of the molecule is CCCCCNC(=O)C(=O)Nc1ccc(OC)cc1. The maximum absolute atomic E-state index is 11.6. The van der Waals surface area contributed by atoms with Gasteiger partial charge in [-0.25, -0.2) is 0 Å². The quantitative estimate of drug-likeness (QED) is 0.609. The Morgan fingerprint density at radius 1 is 1.11 bits per heavy atom. The molecule has 0 bridgehead atoms. The number of unbranched alkanes of at least 4 members (excludes halogenated alkanes) is 2. The smallest absolute Gasteiger partial charge is 0.313 e. The fourth-order valence-corrected chi connectivity index (χ4v) is 1.52. The fraction of sp³-hybridized carbons (Fsp3) is 0.429. The fourth-order valence-electron chi connectivity index (χ4n) is 1.52. The second-order valence-electron chi connectivity index (χ2n) is 4.15. The van der Waals surface area contributed by atoms with E-state index in [0.717, 1.165) is 19.3 Å². The number of ether oxygens (including phenoxy) is 1. The van der Waals surface area contributed by atoms with E-state index in [1.165, 1.54) is 0 Å². The van der Waals surface area contributed by atoms with Crippen LogP contribution in [0.25, 0.3) is 0 Å². The van der Waals surface area contributed by atoms with Gasteiger partial charge >= 0.3 is 11.8 Å². The van der Waals surface area contributed by atoms with Crippen LogP contribution in [0.1, 0.15) is 26.2 Å². The number of nitrogens with one attached hydrogen (secondary N) is 2. The Morgan fingerprint density at radius 2 is 1.79 bits per heavy atom. The molecule has 0 spiro atoms. The molecule has 0 fully saturated rings. The summed E-state index contributed by atoms with van der Waals surface area (Å²) >= 11 is 0. The molecule has 0 saturated heterocycles. The van der Waals surface area contributed by atoms with Gasteiger partial charge < -0.3 is 15.4 Å². The van der Waals surface area contributed by atoms with E-state index in [2.05, 4.69) is 17.6 Å². The van der Waals surface area contributed by atoms with Crippen molar-refractivity contribution in [1.29, 1.82) is 0 Å². The van der Waals surface area contributed by atoms with Crippen LogP contribution in [0, 0.1) is 0 Å². The average Bonchev–Trinajstić information content (AvgIpc) is 2.44. The summed E-state index contributed by atoms with van der Waals surface area (Å²) in [4.78, 5) is 23.1. The van der Waals surface area contributed by atoms with Crippen LogP contribution in [0.3, 0.4) is 0 Å². The van der Waals surface area contributed by atoms with Crippen LogP contribution in [0.2, 0.25) is 0 Å². The first-order valence-corrected chi connectivity index (χ1v) is 6.40. The normalized spacial score (nSPS) is 9.79. The molecule has 1 rings (SSSR count). The highest BCUT2D eigenvalue weighted by atomic mass is 16.5. The largest absolute Gasteiger partial charge is 0.497 e. The summed E-state index contributed by atoms with van der Waals surface area (Å²) in [5, 5.41) is 5.11. The number of carbonyl (C=O) groups is 2. The first-order valence-electron chi connectivity index (χ1n) is 6.40. The van der Waals surface area contributed by atoms with E-state index in [4.69, 9.17) is 4.74 Å². The Hall–Kier alpha value is -2.04. The Labute approximate surface area is 113 Å². The standard InChI is InChI=1S/C14H20N2O3/c1-3-4-5-10-15-13(17)14(18)16-11-6-8-12(19-2)9-7-11/h6-9H,3-5,10H2,1-2H3,(H,15,17)(H,16,18). The van der Waals surface area contributed by atoms with Gasteiger partial charge in [-0.15, -0.1) is 0 Å². The van der Waals surface area contributed by atoms with Crippen molar-refractivity contribution in [3.05, 3.63) is 24.3 Å². The number of methoxy groups -OCH3 is 1. The molecule has 5 nitrogen and oxygen atoms in total. The van der Waals surface area contributed by atoms with Gasteiger partial charge in [-0.2, -0.15) is 0 Å². The molecule has 1 aromatic carbocycles. The van der Waals surface area contributed by atoms with Gasteiger partial charge in [0.1, 0.15) is 5.75 Å². The zero-order chi connectivity index (χ0) is 14.1. The van der Waals surface area contributed by atoms with E-state index in [-0.39, 0.29) is 0 Å². The van der Waals surface area contributed by atoms with E-state index in [0.29, 0.717) is 18.0 Å². The second-order valence-corrected chi connectivity index (χ2v) is 4.15. The molecule has 2 N–H and O–H groups in total. The maximum atomic E-state index is 11.6. The highest BCUT2D eigenvalue weighted by Gasteiger charge is 2.12. The number of hydrogen-bond acceptors (Lipinski definition) is 3. The highest BCUT2D eigenvalue weighted by Crippen LogP contribution is 2.14. The molecule has 2 amide bonds. The topological polar surface area (TPSA) is 67.4 Å². The lowest BCUT2D eigenvalue weighted by molar-refractivity contribution is -0.136. The van der Waals surface area contributed by atoms with Crippen LogP contribution in [-0.2, 0) is 9.59 Å². The van der Waals surface area contributed by atoms with E-state index >= 15 is 0 Å². The Morgan fingerprint density at radius 3 is 2.37 bits per heavy atom. The predicted octanol–water partition coefficient (Wildman–Crippen LogP) is 1.94. The predicted molar refractivity (Wildman–Crippen MR) is 74.2 cm³/mol. The molecule has 0 heterocycles. The van der Waals surface area contributed by atoms with Gasteiger partial charge in [0.15, 0.2) is 0 Å². The summed E-state index contributed by atoms with van der Waals surface area (Å²) in [6, 6.07) is 6.80. The van der Waals surface area contributed by atoms with E-state index in [1.54, 1.807) is 31.4 Å². The maximum Gasteiger partial charge on any atom is 0.313 e. The highest BCUT2D eigenvalue weighted by molar-refractivity contribution is 6.39. The summed E-state index contributed by atoms with van der Waals surface area (Å²) in [5.41, 5.74) is 0.564. The molecule has 5 heteroatoms. The van der Waals surface area contributed by atoms with Gasteiger partial charge in [-0.1, -0.05) is 19.8 Å². The third-order valence-electron chi connectivity index (χ3n) is 2.62. The van der Waals surface area contributed by atoms with Crippen molar-refractivity contribution in [3.63, 3.8) is 0 Å². The minimum Gasteiger partial charge on any atom is -0.497 e. The molecular formula is C14H20N2O3. The van der Waals surface area contributed by atoms with Crippen molar-refractivity contribution in [1.82, 2.24) is 5.32 Å². The van der Waals surface area contributed by atoms with Crippen LogP contribution in [0.4, 0.5) is 5.69 Å². The molecule has 0 unspecified atom stereocenters. The summed E-state index contributed by atoms with van der Waals surface area (Å²) in [7, 11) is 1.57. The molecular weight excluding hydrogens is 244 g/mol. The Balaban J connectivity index is 2.38. The molecule has 19 heavy (non-hydrogen) atoms. The van der Waals surface area contributed by atoms with Crippen LogP contribution in [0.5, 0.6) is 5.75 Å². The third kappa shape index (κ3) is 5.42. The molecule has 1 aromatic rings. The second kappa shape index (κ2) is 8.13. The molecule has 104 valence electrons. The zero-order valence-corrected chi connectivity index (χ0v) is 11.4. The van der Waals surface area contributed by atoms with Crippen molar-refractivity contribution in [2.24, 2.45) is 0 Å². The van der Waals surface area contributed by atoms with Crippen LogP contribution < -0.4 is 15.4 Å². The molecule has 0 saturated carbocycles. The lowest BCUT2D eigenvalue weighted by atomic mass is 10.2. The number of hydrogen-bond donors (Lipinski definition) is 2. The average molecular weight is 264 g/mol. The monoisotopic (exact) mass is 264 g/mol. The molecule has 0 radical (unpaired) electrons. The van der Waals surface area contributed by atoms with Crippen LogP contribution >= 0.6 is 0 Å². The van der Waals surface area contributed by atoms with Gasteiger partial charge in [0.25, 0.3) is 0 Å². The van der Waals surface area contributed by atoms with Crippen molar-refractivity contribution >= 4 is 17.5 Å². The molecule has 0 atom stereocenters. The van der Waals surface area contributed by atoms with Gasteiger partial charge in [-0.3, -0.25) is 9.59 Å². The first-order chi connectivity index (χ1) is 9.17. The number of benzene rings is 1. The van der Waals surface area contributed by atoms with E-state index < -0.39 is 11.8 Å². The number of amides is 2. The van der Waals surface area contributed by atoms with Gasteiger partial charge in [0.2, 0.25) is 0 Å². The van der Waals surface area contributed by atoms with Gasteiger partial charge in [-0.05, 0) is 30.7 Å². The first kappa shape index (κ1) is 15.0. The summed E-state index contributed by atoms with van der Waals surface area (Å²) in [5.74, 6) is -0.560. The van der Waals surface area contributed by atoms with Crippen molar-refractivity contribution in [3.8, 4) is 5.75 Å². The minimum atomic E-state index is -0.651. The Bertz CT molecular complexity index is 415. The lowest BCUT2D eigenvalue weighted by Gasteiger charge is -2.07. The van der Waals surface area contributed by atoms with Gasteiger partial charge in [0.05, 0.1) is 7.11 Å². The molecule has 0 aliphatic rings. The zero-order valence-electron chi connectivity index (χ0n) is 11.4. The van der Waals surface area contributed by atoms with Crippen LogP contribution in [-0.4, -0.2) is 25.5 Å². The van der Waals surface area contributed by atoms with Crippen molar-refractivity contribution in [2.75, 3.05) is 19.0 Å². The summed E-state index contributed by atoms with van der Waals surface area (Å²) in [6.45, 7) is 2.61. The molecule has 0 aliphatic carbocycles. The summed E-state index contributed by atoms with van der Waals surface area (Å²) in [6.07, 6.45) is 3.01. The van der Waals surface area contributed by atoms with Gasteiger partial charge in [0, 0.05) is 12.2 Å². The number of rotatable bonds is 6. The minimum absolute atomic E-state index is 0.530. The molecule has 0 aromatic heterocycles. The van der Waals surface area contributed by atoms with E-state index in [9.17, 15) is 9.59 Å².